The fourth-order valence-electron chi connectivity index (χ4n) is 2.84. The number of likely N-dealkylation sites (N-methyl/N-ethyl adjacent to an activating group) is 1. The van der Waals surface area contributed by atoms with Crippen LogP contribution in [0.4, 0.5) is 0 Å². The highest BCUT2D eigenvalue weighted by atomic mass is 16.5. The van der Waals surface area contributed by atoms with Crippen LogP contribution in [0.2, 0.25) is 0 Å². The Morgan fingerprint density at radius 2 is 1.92 bits per heavy atom. The Morgan fingerprint density at radius 1 is 1.29 bits per heavy atom. The number of hydrogen-bond donors (Lipinski definition) is 1. The van der Waals surface area contributed by atoms with Gasteiger partial charge in [0.2, 0.25) is 0 Å². The first-order valence-corrected chi connectivity index (χ1v) is 8.18. The van der Waals surface area contributed by atoms with Gasteiger partial charge >= 0.3 is 5.97 Å². The molecule has 1 aliphatic rings. The summed E-state index contributed by atoms with van der Waals surface area (Å²) in [5.41, 5.74) is 0.0545. The molecule has 0 saturated carbocycles. The summed E-state index contributed by atoms with van der Waals surface area (Å²) in [4.78, 5) is 25.5. The van der Waals surface area contributed by atoms with Gasteiger partial charge in [-0.3, -0.25) is 9.59 Å². The van der Waals surface area contributed by atoms with Gasteiger partial charge in [-0.15, -0.1) is 0 Å². The highest BCUT2D eigenvalue weighted by Crippen LogP contribution is 2.29. The van der Waals surface area contributed by atoms with E-state index in [4.69, 9.17) is 14.6 Å². The first-order valence-electron chi connectivity index (χ1n) is 8.18. The standard InChI is InChI=1S/C18H25NO5/c1-14(16(20)21)12-19(2)17(22)18(8-10-23-11-9-18)24-13-15-6-4-3-5-7-15/h3-7,14H,8-13H2,1-2H3,(H,20,21). The predicted molar refractivity (Wildman–Crippen MR) is 88.5 cm³/mol. The van der Waals surface area contributed by atoms with Gasteiger partial charge < -0.3 is 19.5 Å². The van der Waals surface area contributed by atoms with Gasteiger partial charge in [-0.05, 0) is 5.56 Å². The molecule has 1 saturated heterocycles. The van der Waals surface area contributed by atoms with Crippen molar-refractivity contribution < 1.29 is 24.2 Å². The Morgan fingerprint density at radius 3 is 2.50 bits per heavy atom. The fourth-order valence-corrected chi connectivity index (χ4v) is 2.84. The van der Waals surface area contributed by atoms with Crippen LogP contribution in [0.15, 0.2) is 30.3 Å². The average Bonchev–Trinajstić information content (AvgIpc) is 2.60. The van der Waals surface area contributed by atoms with Gasteiger partial charge in [0, 0.05) is 39.6 Å². The number of amides is 1. The molecule has 6 heteroatoms. The van der Waals surface area contributed by atoms with Crippen LogP contribution in [0.3, 0.4) is 0 Å². The molecule has 6 nitrogen and oxygen atoms in total. The van der Waals surface area contributed by atoms with E-state index in [9.17, 15) is 9.59 Å². The van der Waals surface area contributed by atoms with Crippen molar-refractivity contribution in [2.75, 3.05) is 26.8 Å². The van der Waals surface area contributed by atoms with Crippen LogP contribution >= 0.6 is 0 Å². The first kappa shape index (κ1) is 18.4. The maximum atomic E-state index is 13.0. The normalized spacial score (nSPS) is 17.9. The Balaban J connectivity index is 2.08. The van der Waals surface area contributed by atoms with Crippen LogP contribution < -0.4 is 0 Å². The third-order valence-electron chi connectivity index (χ3n) is 4.36. The number of carbonyl (C=O) groups is 2. The van der Waals surface area contributed by atoms with Crippen LogP contribution in [0.1, 0.15) is 25.3 Å². The van der Waals surface area contributed by atoms with Crippen molar-refractivity contribution in [2.24, 2.45) is 5.92 Å². The summed E-state index contributed by atoms with van der Waals surface area (Å²) in [5, 5.41) is 9.05. The summed E-state index contributed by atoms with van der Waals surface area (Å²) in [6.07, 6.45) is 0.953. The van der Waals surface area contributed by atoms with Gasteiger partial charge in [0.15, 0.2) is 5.60 Å². The molecule has 1 N–H and O–H groups in total. The van der Waals surface area contributed by atoms with Gasteiger partial charge in [-0.2, -0.15) is 0 Å². The molecule has 1 amide bonds. The molecule has 1 aliphatic heterocycles. The van der Waals surface area contributed by atoms with Crippen molar-refractivity contribution in [1.82, 2.24) is 4.90 Å². The number of carboxylic acid groups (broad SMARTS) is 1. The minimum atomic E-state index is -0.943. The maximum absolute atomic E-state index is 13.0. The summed E-state index contributed by atoms with van der Waals surface area (Å²) in [5.74, 6) is -1.71. The molecule has 0 aliphatic carbocycles. The topological polar surface area (TPSA) is 76.1 Å². The largest absolute Gasteiger partial charge is 0.481 e. The molecule has 0 radical (unpaired) electrons. The fraction of sp³-hybridized carbons (Fsp3) is 0.556. The molecule has 132 valence electrons. The van der Waals surface area contributed by atoms with Crippen LogP contribution in [0.25, 0.3) is 0 Å². The molecule has 0 aromatic heterocycles. The smallest absolute Gasteiger partial charge is 0.308 e. The van der Waals surface area contributed by atoms with Gasteiger partial charge in [0.05, 0.1) is 12.5 Å². The van der Waals surface area contributed by atoms with Crippen molar-refractivity contribution in [3.05, 3.63) is 35.9 Å². The molecular formula is C18H25NO5. The van der Waals surface area contributed by atoms with Crippen molar-refractivity contribution in [2.45, 2.75) is 32.0 Å². The van der Waals surface area contributed by atoms with E-state index in [-0.39, 0.29) is 12.5 Å². The highest BCUT2D eigenvalue weighted by molar-refractivity contribution is 5.85. The Bertz CT molecular complexity index is 554. The molecule has 1 fully saturated rings. The molecule has 1 unspecified atom stereocenters. The van der Waals surface area contributed by atoms with E-state index in [1.54, 1.807) is 14.0 Å². The quantitative estimate of drug-likeness (QED) is 0.824. The van der Waals surface area contributed by atoms with Gasteiger partial charge in [0.25, 0.3) is 5.91 Å². The number of ether oxygens (including phenoxy) is 2. The number of rotatable bonds is 7. The monoisotopic (exact) mass is 335 g/mol. The lowest BCUT2D eigenvalue weighted by Gasteiger charge is -2.38. The van der Waals surface area contributed by atoms with Crippen LogP contribution in [-0.2, 0) is 25.7 Å². The SMILES string of the molecule is CC(CN(C)C(=O)C1(OCc2ccccc2)CCOCC1)C(=O)O. The molecule has 0 bridgehead atoms. The second-order valence-corrected chi connectivity index (χ2v) is 6.31. The molecular weight excluding hydrogens is 310 g/mol. The van der Waals surface area contributed by atoms with E-state index in [2.05, 4.69) is 0 Å². The van der Waals surface area contributed by atoms with Crippen molar-refractivity contribution >= 4 is 11.9 Å². The van der Waals surface area contributed by atoms with E-state index < -0.39 is 17.5 Å². The van der Waals surface area contributed by atoms with Crippen LogP contribution in [0.5, 0.6) is 0 Å². The van der Waals surface area contributed by atoms with Gasteiger partial charge in [-0.1, -0.05) is 37.3 Å². The van der Waals surface area contributed by atoms with Crippen molar-refractivity contribution in [3.63, 3.8) is 0 Å². The minimum Gasteiger partial charge on any atom is -0.481 e. The number of carbonyl (C=O) groups excluding carboxylic acids is 1. The van der Waals surface area contributed by atoms with Gasteiger partial charge in [-0.25, -0.2) is 0 Å². The van der Waals surface area contributed by atoms with E-state index in [1.807, 2.05) is 30.3 Å². The van der Waals surface area contributed by atoms with Crippen molar-refractivity contribution in [1.29, 1.82) is 0 Å². The van der Waals surface area contributed by atoms with E-state index in [0.29, 0.717) is 32.7 Å². The molecule has 1 heterocycles. The molecule has 1 atom stereocenters. The van der Waals surface area contributed by atoms with E-state index in [0.717, 1.165) is 5.56 Å². The Kier molecular flexibility index (Phi) is 6.34. The van der Waals surface area contributed by atoms with Crippen LogP contribution in [0, 0.1) is 5.92 Å². The van der Waals surface area contributed by atoms with E-state index in [1.165, 1.54) is 4.90 Å². The first-order chi connectivity index (χ1) is 11.4. The summed E-state index contributed by atoms with van der Waals surface area (Å²) >= 11 is 0. The van der Waals surface area contributed by atoms with Gasteiger partial charge in [0.1, 0.15) is 0 Å². The number of carboxylic acids is 1. The molecule has 1 aromatic carbocycles. The second-order valence-electron chi connectivity index (χ2n) is 6.31. The summed E-state index contributed by atoms with van der Waals surface area (Å²) in [7, 11) is 1.63. The Hall–Kier alpha value is -1.92. The lowest BCUT2D eigenvalue weighted by Crippen LogP contribution is -2.53. The van der Waals surface area contributed by atoms with Crippen molar-refractivity contribution in [3.8, 4) is 0 Å². The molecule has 0 spiro atoms. The lowest BCUT2D eigenvalue weighted by atomic mass is 9.91. The molecule has 1 aromatic rings. The zero-order chi connectivity index (χ0) is 17.6. The average molecular weight is 335 g/mol. The van der Waals surface area contributed by atoms with E-state index >= 15 is 0 Å². The number of hydrogen-bond acceptors (Lipinski definition) is 4. The highest BCUT2D eigenvalue weighted by Gasteiger charge is 2.43. The van der Waals surface area contributed by atoms with Crippen LogP contribution in [-0.4, -0.2) is 54.3 Å². The summed E-state index contributed by atoms with van der Waals surface area (Å²) in [6.45, 7) is 3.01. The minimum absolute atomic E-state index is 0.158. The summed E-state index contributed by atoms with van der Waals surface area (Å²) in [6, 6.07) is 9.69. The third-order valence-corrected chi connectivity index (χ3v) is 4.36. The zero-order valence-corrected chi connectivity index (χ0v) is 14.2. The number of nitrogens with zero attached hydrogens (tertiary/aromatic N) is 1. The second kappa shape index (κ2) is 8.26. The molecule has 24 heavy (non-hydrogen) atoms. The molecule has 2 rings (SSSR count). The number of benzene rings is 1. The third kappa shape index (κ3) is 4.55. The summed E-state index contributed by atoms with van der Waals surface area (Å²) < 4.78 is 11.4. The zero-order valence-electron chi connectivity index (χ0n) is 14.2. The lowest BCUT2D eigenvalue weighted by molar-refractivity contribution is -0.173. The Labute approximate surface area is 142 Å². The predicted octanol–water partition coefficient (Wildman–Crippen LogP) is 1.93. The number of aliphatic carboxylic acids is 1. The maximum Gasteiger partial charge on any atom is 0.308 e.